The van der Waals surface area contributed by atoms with E-state index in [1.807, 2.05) is 18.2 Å². The van der Waals surface area contributed by atoms with E-state index in [1.165, 1.54) is 6.33 Å². The van der Waals surface area contributed by atoms with Crippen molar-refractivity contribution in [2.45, 2.75) is 19.9 Å². The first-order valence-corrected chi connectivity index (χ1v) is 7.67. The van der Waals surface area contributed by atoms with Crippen LogP contribution in [0.2, 0.25) is 0 Å². The van der Waals surface area contributed by atoms with Crippen molar-refractivity contribution in [2.24, 2.45) is 0 Å². The predicted octanol–water partition coefficient (Wildman–Crippen LogP) is 0.331. The molecule has 3 aromatic rings. The molecule has 0 radical (unpaired) electrons. The molecule has 0 bridgehead atoms. The molecule has 2 N–H and O–H groups in total. The van der Waals surface area contributed by atoms with Gasteiger partial charge in [-0.15, -0.1) is 0 Å². The molecule has 9 heteroatoms. The second-order valence-corrected chi connectivity index (χ2v) is 5.71. The Morgan fingerprint density at radius 1 is 1.20 bits per heavy atom. The summed E-state index contributed by atoms with van der Waals surface area (Å²) in [5, 5.41) is 4.23. The number of rotatable bonds is 4. The molecule has 25 heavy (non-hydrogen) atoms. The van der Waals surface area contributed by atoms with Crippen LogP contribution in [-0.2, 0) is 13.0 Å². The van der Waals surface area contributed by atoms with E-state index in [2.05, 4.69) is 20.1 Å². The van der Waals surface area contributed by atoms with E-state index in [4.69, 9.17) is 9.47 Å². The Morgan fingerprint density at radius 3 is 2.88 bits per heavy atom. The molecule has 0 saturated carbocycles. The molecule has 1 aromatic carbocycles. The summed E-state index contributed by atoms with van der Waals surface area (Å²) in [4.78, 5) is 32.4. The van der Waals surface area contributed by atoms with Crippen molar-refractivity contribution in [3.8, 4) is 11.5 Å². The Morgan fingerprint density at radius 2 is 2.04 bits per heavy atom. The van der Waals surface area contributed by atoms with Gasteiger partial charge >= 0.3 is 5.69 Å². The van der Waals surface area contributed by atoms with E-state index >= 15 is 0 Å². The van der Waals surface area contributed by atoms with Gasteiger partial charge in [-0.1, -0.05) is 6.07 Å². The summed E-state index contributed by atoms with van der Waals surface area (Å²) < 4.78 is 12.4. The molecule has 0 spiro atoms. The van der Waals surface area contributed by atoms with E-state index in [-0.39, 0.29) is 13.2 Å². The van der Waals surface area contributed by atoms with Gasteiger partial charge in [0.15, 0.2) is 11.5 Å². The second-order valence-electron chi connectivity index (χ2n) is 5.71. The molecule has 0 amide bonds. The maximum atomic E-state index is 12.0. The number of nitrogens with one attached hydrogen (secondary N) is 2. The first kappa shape index (κ1) is 15.2. The molecule has 1 aliphatic heterocycles. The number of nitrogens with zero attached hydrogens (tertiary/aromatic N) is 3. The average Bonchev–Trinajstić information content (AvgIpc) is 3.19. The molecule has 0 aliphatic carbocycles. The van der Waals surface area contributed by atoms with Crippen molar-refractivity contribution in [3.63, 3.8) is 0 Å². The van der Waals surface area contributed by atoms with Crippen LogP contribution in [0.25, 0.3) is 0 Å². The van der Waals surface area contributed by atoms with Crippen molar-refractivity contribution >= 4 is 0 Å². The molecule has 0 atom stereocenters. The Hall–Kier alpha value is -3.36. The SMILES string of the molecule is Cc1[nH]c(=O)[nH]c(=O)c1Cc1ncnn1Cc1ccc2c(c1)OCO2. The molecule has 0 unspecified atom stereocenters. The predicted molar refractivity (Wildman–Crippen MR) is 86.9 cm³/mol. The smallest absolute Gasteiger partial charge is 0.325 e. The number of aryl methyl sites for hydroxylation is 1. The number of aromatic amines is 2. The lowest BCUT2D eigenvalue weighted by Crippen LogP contribution is -2.27. The third-order valence-corrected chi connectivity index (χ3v) is 4.05. The van der Waals surface area contributed by atoms with Gasteiger partial charge in [0.1, 0.15) is 12.2 Å². The summed E-state index contributed by atoms with van der Waals surface area (Å²) in [5.41, 5.74) is 1.01. The zero-order valence-corrected chi connectivity index (χ0v) is 13.4. The third kappa shape index (κ3) is 2.91. The minimum atomic E-state index is -0.520. The van der Waals surface area contributed by atoms with Crippen molar-refractivity contribution in [2.75, 3.05) is 6.79 Å². The molecular formula is C16H15N5O4. The van der Waals surface area contributed by atoms with Crippen LogP contribution in [-0.4, -0.2) is 31.5 Å². The van der Waals surface area contributed by atoms with Crippen molar-refractivity contribution in [1.82, 2.24) is 24.7 Å². The largest absolute Gasteiger partial charge is 0.454 e. The van der Waals surface area contributed by atoms with Gasteiger partial charge in [-0.2, -0.15) is 5.10 Å². The summed E-state index contributed by atoms with van der Waals surface area (Å²) in [5.74, 6) is 2.04. The Kier molecular flexibility index (Phi) is 3.60. The number of ether oxygens (including phenoxy) is 2. The fourth-order valence-electron chi connectivity index (χ4n) is 2.77. The van der Waals surface area contributed by atoms with Crippen LogP contribution in [0.15, 0.2) is 34.1 Å². The van der Waals surface area contributed by atoms with Crippen LogP contribution < -0.4 is 20.7 Å². The first-order chi connectivity index (χ1) is 12.1. The third-order valence-electron chi connectivity index (χ3n) is 4.05. The second kappa shape index (κ2) is 5.93. The number of benzene rings is 1. The zero-order chi connectivity index (χ0) is 17.4. The fourth-order valence-corrected chi connectivity index (χ4v) is 2.77. The van der Waals surface area contributed by atoms with E-state index in [9.17, 15) is 9.59 Å². The summed E-state index contributed by atoms with van der Waals surface area (Å²) in [7, 11) is 0. The van der Waals surface area contributed by atoms with Crippen LogP contribution in [0.1, 0.15) is 22.6 Å². The molecule has 2 aromatic heterocycles. The van der Waals surface area contributed by atoms with Crippen LogP contribution in [0, 0.1) is 6.92 Å². The highest BCUT2D eigenvalue weighted by Gasteiger charge is 2.15. The zero-order valence-electron chi connectivity index (χ0n) is 13.4. The molecule has 4 rings (SSSR count). The van der Waals surface area contributed by atoms with Crippen LogP contribution in [0.3, 0.4) is 0 Å². The maximum absolute atomic E-state index is 12.0. The van der Waals surface area contributed by atoms with Crippen LogP contribution in [0.5, 0.6) is 11.5 Å². The van der Waals surface area contributed by atoms with Crippen molar-refractivity contribution < 1.29 is 9.47 Å². The number of hydrogen-bond donors (Lipinski definition) is 2. The Balaban J connectivity index is 1.61. The highest BCUT2D eigenvalue weighted by molar-refractivity contribution is 5.44. The Labute approximate surface area is 141 Å². The first-order valence-electron chi connectivity index (χ1n) is 7.67. The van der Waals surface area contributed by atoms with Gasteiger partial charge in [-0.25, -0.2) is 14.5 Å². The standard InChI is InChI=1S/C16H15N5O4/c1-9-11(15(22)20-16(23)19-9)5-14-17-7-18-21(14)6-10-2-3-12-13(4-10)25-8-24-12/h2-4,7H,5-6,8H2,1H3,(H2,19,20,22,23). The number of fused-ring (bicyclic) bond motifs is 1. The van der Waals surface area contributed by atoms with Gasteiger partial charge in [0.25, 0.3) is 5.56 Å². The molecule has 128 valence electrons. The molecule has 0 fully saturated rings. The monoisotopic (exact) mass is 341 g/mol. The highest BCUT2D eigenvalue weighted by Crippen LogP contribution is 2.32. The molecule has 3 heterocycles. The average molecular weight is 341 g/mol. The van der Waals surface area contributed by atoms with Gasteiger partial charge in [-0.05, 0) is 24.6 Å². The van der Waals surface area contributed by atoms with Gasteiger partial charge in [0, 0.05) is 17.7 Å². The van der Waals surface area contributed by atoms with E-state index in [0.29, 0.717) is 29.4 Å². The normalized spacial score (nSPS) is 12.5. The van der Waals surface area contributed by atoms with Crippen LogP contribution in [0.4, 0.5) is 0 Å². The molecule has 9 nitrogen and oxygen atoms in total. The number of hydrogen-bond acceptors (Lipinski definition) is 6. The minimum absolute atomic E-state index is 0.224. The summed E-state index contributed by atoms with van der Waals surface area (Å²) in [6.45, 7) is 2.39. The van der Waals surface area contributed by atoms with E-state index in [1.54, 1.807) is 11.6 Å². The lowest BCUT2D eigenvalue weighted by atomic mass is 10.1. The minimum Gasteiger partial charge on any atom is -0.454 e. The molecular weight excluding hydrogens is 326 g/mol. The lowest BCUT2D eigenvalue weighted by Gasteiger charge is -2.08. The van der Waals surface area contributed by atoms with E-state index < -0.39 is 11.2 Å². The lowest BCUT2D eigenvalue weighted by molar-refractivity contribution is 0.174. The topological polar surface area (TPSA) is 115 Å². The molecule has 0 saturated heterocycles. The summed E-state index contributed by atoms with van der Waals surface area (Å²) in [6.07, 6.45) is 1.71. The van der Waals surface area contributed by atoms with Gasteiger partial charge in [0.2, 0.25) is 6.79 Å². The van der Waals surface area contributed by atoms with Gasteiger partial charge < -0.3 is 14.5 Å². The van der Waals surface area contributed by atoms with Crippen LogP contribution >= 0.6 is 0 Å². The summed E-state index contributed by atoms with van der Waals surface area (Å²) in [6, 6.07) is 5.67. The molecule has 1 aliphatic rings. The fraction of sp³-hybridized carbons (Fsp3) is 0.250. The number of H-pyrrole nitrogens is 2. The van der Waals surface area contributed by atoms with Crippen molar-refractivity contribution in [3.05, 3.63) is 68.0 Å². The maximum Gasteiger partial charge on any atom is 0.325 e. The van der Waals surface area contributed by atoms with Gasteiger partial charge in [0.05, 0.1) is 6.54 Å². The highest BCUT2D eigenvalue weighted by atomic mass is 16.7. The number of aromatic nitrogens is 5. The van der Waals surface area contributed by atoms with E-state index in [0.717, 1.165) is 11.3 Å². The Bertz CT molecular complexity index is 1050. The van der Waals surface area contributed by atoms with Crippen molar-refractivity contribution in [1.29, 1.82) is 0 Å². The summed E-state index contributed by atoms with van der Waals surface area (Å²) >= 11 is 0. The quantitative estimate of drug-likeness (QED) is 0.707. The van der Waals surface area contributed by atoms with Gasteiger partial charge in [-0.3, -0.25) is 9.78 Å².